The van der Waals surface area contributed by atoms with E-state index in [1.165, 1.54) is 51.4 Å². The van der Waals surface area contributed by atoms with Crippen LogP contribution in [0.3, 0.4) is 0 Å². The Bertz CT molecular complexity index is 567. The SMILES string of the molecule is CNC1CC[C@@]2(C)C(=CC[C@H]3C4CCC([C@H](C)N(C)C)[C@@]4(C)CCC32)C1. The molecule has 0 saturated heterocycles. The molecule has 0 spiro atoms. The molecule has 0 bridgehead atoms. The first kappa shape index (κ1) is 19.0. The molecule has 4 aliphatic rings. The van der Waals surface area contributed by atoms with Gasteiger partial charge in [0.2, 0.25) is 0 Å². The van der Waals surface area contributed by atoms with E-state index in [4.69, 9.17) is 0 Å². The van der Waals surface area contributed by atoms with Gasteiger partial charge in [-0.25, -0.2) is 0 Å². The summed E-state index contributed by atoms with van der Waals surface area (Å²) in [5, 5.41) is 3.55. The van der Waals surface area contributed by atoms with Crippen molar-refractivity contribution in [3.63, 3.8) is 0 Å². The zero-order valence-electron chi connectivity index (χ0n) is 18.1. The number of nitrogens with one attached hydrogen (secondary N) is 1. The summed E-state index contributed by atoms with van der Waals surface area (Å²) in [6.45, 7) is 7.79. The van der Waals surface area contributed by atoms with Crippen molar-refractivity contribution in [2.24, 2.45) is 34.5 Å². The van der Waals surface area contributed by atoms with Gasteiger partial charge in [0, 0.05) is 12.1 Å². The lowest BCUT2D eigenvalue weighted by atomic mass is 9.47. The van der Waals surface area contributed by atoms with Gasteiger partial charge in [0.15, 0.2) is 0 Å². The number of nitrogens with zero attached hydrogens (tertiary/aromatic N) is 1. The van der Waals surface area contributed by atoms with E-state index >= 15 is 0 Å². The number of allylic oxidation sites excluding steroid dienone is 1. The van der Waals surface area contributed by atoms with Gasteiger partial charge in [-0.3, -0.25) is 0 Å². The summed E-state index contributed by atoms with van der Waals surface area (Å²) in [6.07, 6.45) is 14.1. The highest BCUT2D eigenvalue weighted by molar-refractivity contribution is 5.26. The lowest BCUT2D eigenvalue weighted by Crippen LogP contribution is -2.52. The third-order valence-corrected chi connectivity index (χ3v) is 9.98. The van der Waals surface area contributed by atoms with E-state index in [9.17, 15) is 0 Å². The first-order chi connectivity index (χ1) is 12.3. The van der Waals surface area contributed by atoms with Gasteiger partial charge in [-0.15, -0.1) is 0 Å². The Hall–Kier alpha value is -0.340. The second kappa shape index (κ2) is 6.62. The number of fused-ring (bicyclic) bond motifs is 5. The Balaban J connectivity index is 1.60. The molecule has 0 amide bonds. The van der Waals surface area contributed by atoms with Crippen LogP contribution in [0.1, 0.15) is 72.1 Å². The normalized spacial score (nSPS) is 49.2. The maximum absolute atomic E-state index is 3.55. The third kappa shape index (κ3) is 2.65. The highest BCUT2D eigenvalue weighted by atomic mass is 15.1. The van der Waals surface area contributed by atoms with E-state index in [0.717, 1.165) is 35.8 Å². The zero-order valence-corrected chi connectivity index (χ0v) is 18.1. The Morgan fingerprint density at radius 3 is 2.54 bits per heavy atom. The number of hydrogen-bond acceptors (Lipinski definition) is 2. The van der Waals surface area contributed by atoms with Gasteiger partial charge in [-0.1, -0.05) is 25.5 Å². The second-order valence-corrected chi connectivity index (χ2v) is 10.9. The summed E-state index contributed by atoms with van der Waals surface area (Å²) >= 11 is 0. The van der Waals surface area contributed by atoms with Crippen LogP contribution in [0.4, 0.5) is 0 Å². The second-order valence-electron chi connectivity index (χ2n) is 10.9. The molecule has 148 valence electrons. The lowest BCUT2D eigenvalue weighted by Gasteiger charge is -2.58. The molecule has 0 aromatic heterocycles. The van der Waals surface area contributed by atoms with Crippen molar-refractivity contribution in [3.8, 4) is 0 Å². The van der Waals surface area contributed by atoms with Crippen LogP contribution < -0.4 is 5.32 Å². The van der Waals surface area contributed by atoms with Crippen LogP contribution in [0, 0.1) is 34.5 Å². The van der Waals surface area contributed by atoms with Gasteiger partial charge in [-0.2, -0.15) is 0 Å². The highest BCUT2D eigenvalue weighted by Gasteiger charge is 2.59. The van der Waals surface area contributed by atoms with Gasteiger partial charge in [0.25, 0.3) is 0 Å². The maximum atomic E-state index is 3.55. The Morgan fingerprint density at radius 2 is 1.85 bits per heavy atom. The van der Waals surface area contributed by atoms with Gasteiger partial charge in [0.05, 0.1) is 0 Å². The molecule has 0 aromatic rings. The Kier molecular flexibility index (Phi) is 4.84. The molecule has 2 heteroatoms. The van der Waals surface area contributed by atoms with E-state index in [0.29, 0.717) is 10.8 Å². The zero-order chi connectivity index (χ0) is 18.7. The van der Waals surface area contributed by atoms with Crippen molar-refractivity contribution in [1.29, 1.82) is 0 Å². The molecular formula is C24H42N2. The molecule has 0 heterocycles. The molecular weight excluding hydrogens is 316 g/mol. The van der Waals surface area contributed by atoms with Gasteiger partial charge < -0.3 is 10.2 Å². The minimum absolute atomic E-state index is 0.503. The lowest BCUT2D eigenvalue weighted by molar-refractivity contribution is -0.0529. The van der Waals surface area contributed by atoms with Crippen LogP contribution in [-0.4, -0.2) is 38.1 Å². The molecule has 2 nitrogen and oxygen atoms in total. The minimum atomic E-state index is 0.503. The average molecular weight is 359 g/mol. The van der Waals surface area contributed by atoms with Crippen molar-refractivity contribution >= 4 is 0 Å². The van der Waals surface area contributed by atoms with Crippen LogP contribution in [0.2, 0.25) is 0 Å². The van der Waals surface area contributed by atoms with E-state index in [2.05, 4.69) is 58.2 Å². The molecule has 3 saturated carbocycles. The fraction of sp³-hybridized carbons (Fsp3) is 0.917. The van der Waals surface area contributed by atoms with Crippen molar-refractivity contribution in [2.75, 3.05) is 21.1 Å². The molecule has 4 aliphatic carbocycles. The van der Waals surface area contributed by atoms with Gasteiger partial charge >= 0.3 is 0 Å². The van der Waals surface area contributed by atoms with E-state index in [1.807, 2.05) is 5.57 Å². The summed E-state index contributed by atoms with van der Waals surface area (Å²) in [4.78, 5) is 2.48. The van der Waals surface area contributed by atoms with Crippen molar-refractivity contribution in [1.82, 2.24) is 10.2 Å². The fourth-order valence-corrected chi connectivity index (χ4v) is 8.10. The van der Waals surface area contributed by atoms with Crippen LogP contribution in [0.5, 0.6) is 0 Å². The van der Waals surface area contributed by atoms with Crippen LogP contribution in [0.25, 0.3) is 0 Å². The predicted molar refractivity (Wildman–Crippen MR) is 111 cm³/mol. The number of rotatable bonds is 3. The molecule has 0 aromatic carbocycles. The summed E-state index contributed by atoms with van der Waals surface area (Å²) in [7, 11) is 6.71. The highest BCUT2D eigenvalue weighted by Crippen LogP contribution is 2.66. The van der Waals surface area contributed by atoms with Crippen LogP contribution >= 0.6 is 0 Å². The van der Waals surface area contributed by atoms with Crippen LogP contribution in [0.15, 0.2) is 11.6 Å². The Labute approximate surface area is 162 Å². The third-order valence-electron chi connectivity index (χ3n) is 9.98. The average Bonchev–Trinajstić information content (AvgIpc) is 2.97. The first-order valence-electron chi connectivity index (χ1n) is 11.3. The first-order valence-corrected chi connectivity index (χ1v) is 11.3. The molecule has 4 rings (SSSR count). The predicted octanol–water partition coefficient (Wildman–Crippen LogP) is 5.10. The molecule has 4 unspecified atom stereocenters. The van der Waals surface area contributed by atoms with Crippen LogP contribution in [-0.2, 0) is 0 Å². The van der Waals surface area contributed by atoms with Gasteiger partial charge in [0.1, 0.15) is 0 Å². The van der Waals surface area contributed by atoms with E-state index in [1.54, 1.807) is 0 Å². The number of hydrogen-bond donors (Lipinski definition) is 1. The molecule has 0 radical (unpaired) electrons. The topological polar surface area (TPSA) is 15.3 Å². The fourth-order valence-electron chi connectivity index (χ4n) is 8.10. The summed E-state index contributed by atoms with van der Waals surface area (Å²) in [6, 6.07) is 1.44. The largest absolute Gasteiger partial charge is 0.317 e. The molecule has 3 fully saturated rings. The molecule has 26 heavy (non-hydrogen) atoms. The summed E-state index contributed by atoms with van der Waals surface area (Å²) in [5.74, 6) is 3.76. The van der Waals surface area contributed by atoms with Crippen molar-refractivity contribution in [3.05, 3.63) is 11.6 Å². The Morgan fingerprint density at radius 1 is 1.08 bits per heavy atom. The summed E-state index contributed by atoms with van der Waals surface area (Å²) in [5.41, 5.74) is 2.89. The molecule has 0 aliphatic heterocycles. The molecule has 8 atom stereocenters. The van der Waals surface area contributed by atoms with Crippen molar-refractivity contribution < 1.29 is 0 Å². The maximum Gasteiger partial charge on any atom is 0.0102 e. The standard InChI is InChI=1S/C24H42N2/c1-16(26(5)6)20-9-10-21-19-8-7-17-15-18(25-4)11-13-23(17,2)22(19)12-14-24(20,21)3/h7,16,18-22,25H,8-15H2,1-6H3/t16-,18?,19-,20?,21?,22?,23-,24+/m0/s1. The minimum Gasteiger partial charge on any atom is -0.317 e. The van der Waals surface area contributed by atoms with E-state index < -0.39 is 0 Å². The smallest absolute Gasteiger partial charge is 0.0102 e. The van der Waals surface area contributed by atoms with E-state index in [-0.39, 0.29) is 0 Å². The molecule has 1 N–H and O–H groups in total. The summed E-state index contributed by atoms with van der Waals surface area (Å²) < 4.78 is 0. The quantitative estimate of drug-likeness (QED) is 0.706. The van der Waals surface area contributed by atoms with Crippen molar-refractivity contribution in [2.45, 2.75) is 84.2 Å². The monoisotopic (exact) mass is 358 g/mol. The van der Waals surface area contributed by atoms with Gasteiger partial charge in [-0.05, 0) is 114 Å².